The smallest absolute Gasteiger partial charge is 0.257 e. The molecule has 2 amide bonds. The van der Waals surface area contributed by atoms with Crippen LogP contribution in [0.3, 0.4) is 0 Å². The van der Waals surface area contributed by atoms with E-state index in [0.29, 0.717) is 33.7 Å². The molecule has 0 saturated carbocycles. The van der Waals surface area contributed by atoms with Crippen LogP contribution in [0, 0.1) is 11.3 Å². The number of methoxy groups -OCH3 is 3. The lowest BCUT2D eigenvalue weighted by Crippen LogP contribution is -2.34. The molecule has 0 aliphatic heterocycles. The Kier molecular flexibility index (Phi) is 7.72. The number of ether oxygens (including phenoxy) is 3. The van der Waals surface area contributed by atoms with Crippen molar-refractivity contribution < 1.29 is 23.8 Å². The van der Waals surface area contributed by atoms with Crippen LogP contribution in [0.1, 0.15) is 58.3 Å². The number of fused-ring (bicyclic) bond motifs is 1. The van der Waals surface area contributed by atoms with Gasteiger partial charge in [-0.2, -0.15) is 0 Å². The maximum absolute atomic E-state index is 12.9. The molecule has 10 heteroatoms. The van der Waals surface area contributed by atoms with Crippen LogP contribution in [-0.4, -0.2) is 38.3 Å². The van der Waals surface area contributed by atoms with Gasteiger partial charge in [-0.05, 0) is 60.5 Å². The Hall–Kier alpha value is -2.85. The van der Waals surface area contributed by atoms with Gasteiger partial charge >= 0.3 is 0 Å². The molecule has 0 unspecified atom stereocenters. The minimum absolute atomic E-state index is 0.0622. The van der Waals surface area contributed by atoms with Crippen LogP contribution in [0.15, 0.2) is 12.1 Å². The normalized spacial score (nSPS) is 15.2. The molecule has 0 fully saturated rings. The summed E-state index contributed by atoms with van der Waals surface area (Å²) in [4.78, 5) is 26.3. The van der Waals surface area contributed by atoms with Crippen LogP contribution < -0.4 is 30.6 Å². The first-order valence-electron chi connectivity index (χ1n) is 10.9. The predicted octanol–water partition coefficient (Wildman–Crippen LogP) is 4.15. The van der Waals surface area contributed by atoms with Crippen molar-refractivity contribution in [3.63, 3.8) is 0 Å². The molecular weight excluding hydrogens is 474 g/mol. The molecule has 0 saturated heterocycles. The van der Waals surface area contributed by atoms with Gasteiger partial charge in [0.15, 0.2) is 16.6 Å². The minimum atomic E-state index is -0.507. The van der Waals surface area contributed by atoms with Gasteiger partial charge in [0.05, 0.1) is 26.9 Å². The third-order valence-corrected chi connectivity index (χ3v) is 7.49. The van der Waals surface area contributed by atoms with E-state index in [-0.39, 0.29) is 16.1 Å². The lowest BCUT2D eigenvalue weighted by molar-refractivity contribution is 0.0974. The molecule has 1 aliphatic carbocycles. The van der Waals surface area contributed by atoms with Crippen molar-refractivity contribution in [1.29, 1.82) is 0 Å². The molecule has 184 valence electrons. The first kappa shape index (κ1) is 25.8. The molecule has 4 N–H and O–H groups in total. The molecule has 1 atom stereocenters. The summed E-state index contributed by atoms with van der Waals surface area (Å²) in [7, 11) is 4.43. The van der Waals surface area contributed by atoms with E-state index in [1.54, 1.807) is 0 Å². The van der Waals surface area contributed by atoms with Gasteiger partial charge in [-0.1, -0.05) is 20.8 Å². The molecule has 1 aromatic heterocycles. The van der Waals surface area contributed by atoms with Gasteiger partial charge in [0.2, 0.25) is 5.75 Å². The first-order chi connectivity index (χ1) is 16.0. The molecule has 8 nitrogen and oxygen atoms in total. The largest absolute Gasteiger partial charge is 0.493 e. The highest BCUT2D eigenvalue weighted by atomic mass is 32.1. The maximum atomic E-state index is 12.9. The van der Waals surface area contributed by atoms with Crippen LogP contribution >= 0.6 is 23.6 Å². The summed E-state index contributed by atoms with van der Waals surface area (Å²) in [6.45, 7) is 6.70. The van der Waals surface area contributed by atoms with Gasteiger partial charge < -0.3 is 25.3 Å². The summed E-state index contributed by atoms with van der Waals surface area (Å²) in [5, 5.41) is 6.28. The Bertz CT molecular complexity index is 1100. The number of hydrogen-bond donors (Lipinski definition) is 3. The molecule has 0 spiro atoms. The highest BCUT2D eigenvalue weighted by molar-refractivity contribution is 7.80. The van der Waals surface area contributed by atoms with Crippen LogP contribution in [0.4, 0.5) is 5.00 Å². The van der Waals surface area contributed by atoms with Crippen molar-refractivity contribution in [1.82, 2.24) is 5.32 Å². The molecule has 1 aliphatic rings. The maximum Gasteiger partial charge on any atom is 0.257 e. The molecule has 1 aromatic carbocycles. The number of hydrogen-bond acceptors (Lipinski definition) is 7. The van der Waals surface area contributed by atoms with E-state index in [0.717, 1.165) is 29.7 Å². The first-order valence-corrected chi connectivity index (χ1v) is 12.1. The van der Waals surface area contributed by atoms with Crippen molar-refractivity contribution >= 4 is 45.5 Å². The summed E-state index contributed by atoms with van der Waals surface area (Å²) in [5.74, 6) is 0.618. The summed E-state index contributed by atoms with van der Waals surface area (Å²) in [5.41, 5.74) is 7.60. The van der Waals surface area contributed by atoms with Crippen molar-refractivity contribution in [3.05, 3.63) is 33.7 Å². The van der Waals surface area contributed by atoms with Crippen molar-refractivity contribution in [2.45, 2.75) is 40.0 Å². The number of amides is 2. The Morgan fingerprint density at radius 2 is 1.74 bits per heavy atom. The number of carbonyl (C=O) groups is 2. The summed E-state index contributed by atoms with van der Waals surface area (Å²) >= 11 is 6.85. The summed E-state index contributed by atoms with van der Waals surface area (Å²) in [6.07, 6.45) is 2.67. The number of thiocarbonyl (C=S) groups is 1. The number of nitrogens with one attached hydrogen (secondary N) is 2. The van der Waals surface area contributed by atoms with Gasteiger partial charge in [0.25, 0.3) is 11.8 Å². The number of carbonyl (C=O) groups excluding carboxylic acids is 2. The Morgan fingerprint density at radius 1 is 1.12 bits per heavy atom. The van der Waals surface area contributed by atoms with Gasteiger partial charge in [-0.25, -0.2) is 0 Å². The molecule has 0 radical (unpaired) electrons. The number of anilines is 1. The van der Waals surface area contributed by atoms with E-state index in [1.165, 1.54) is 44.8 Å². The monoisotopic (exact) mass is 505 g/mol. The number of benzene rings is 1. The fraction of sp³-hybridized carbons (Fsp3) is 0.458. The topological polar surface area (TPSA) is 112 Å². The zero-order valence-corrected chi connectivity index (χ0v) is 21.9. The molecule has 34 heavy (non-hydrogen) atoms. The Balaban J connectivity index is 1.81. The van der Waals surface area contributed by atoms with E-state index < -0.39 is 11.8 Å². The van der Waals surface area contributed by atoms with E-state index in [2.05, 4.69) is 31.4 Å². The Labute approximate surface area is 209 Å². The van der Waals surface area contributed by atoms with E-state index in [4.69, 9.17) is 32.2 Å². The third kappa shape index (κ3) is 5.28. The SMILES string of the molecule is COc1cc(C(=O)NC(=S)Nc2sc3c(c2C(N)=O)CC[C@H](C(C)(C)C)C3)cc(OC)c1OC. The van der Waals surface area contributed by atoms with Crippen LogP contribution in [0.25, 0.3) is 0 Å². The molecule has 3 rings (SSSR count). The number of nitrogens with two attached hydrogens (primary N) is 1. The number of primary amides is 1. The highest BCUT2D eigenvalue weighted by Crippen LogP contribution is 2.44. The van der Waals surface area contributed by atoms with Crippen molar-refractivity contribution in [2.75, 3.05) is 26.6 Å². The lowest BCUT2D eigenvalue weighted by Gasteiger charge is -2.33. The standard InChI is InChI=1S/C24H31N3O5S2/c1-24(2,3)13-7-8-14-17(11-13)34-22(18(14)20(25)28)27-23(33)26-21(29)12-9-15(30-4)19(32-6)16(10-12)31-5/h9-10,13H,7-8,11H2,1-6H3,(H2,25,28)(H2,26,27,29,33)/t13-/m0/s1. The zero-order valence-electron chi connectivity index (χ0n) is 20.3. The van der Waals surface area contributed by atoms with Crippen molar-refractivity contribution in [3.8, 4) is 17.2 Å². The van der Waals surface area contributed by atoms with E-state index in [9.17, 15) is 9.59 Å². The minimum Gasteiger partial charge on any atom is -0.493 e. The van der Waals surface area contributed by atoms with Crippen LogP contribution in [0.5, 0.6) is 17.2 Å². The number of rotatable bonds is 6. The fourth-order valence-corrected chi connectivity index (χ4v) is 5.79. The van der Waals surface area contributed by atoms with E-state index >= 15 is 0 Å². The van der Waals surface area contributed by atoms with Gasteiger partial charge in [0, 0.05) is 10.4 Å². The van der Waals surface area contributed by atoms with E-state index in [1.807, 2.05) is 0 Å². The summed E-state index contributed by atoms with van der Waals surface area (Å²) < 4.78 is 15.9. The van der Waals surface area contributed by atoms with Gasteiger partial charge in [-0.15, -0.1) is 11.3 Å². The second-order valence-corrected chi connectivity index (χ2v) is 10.7. The average Bonchev–Trinajstić information content (AvgIpc) is 3.14. The average molecular weight is 506 g/mol. The quantitative estimate of drug-likeness (QED) is 0.506. The van der Waals surface area contributed by atoms with Crippen LogP contribution in [0.2, 0.25) is 0 Å². The van der Waals surface area contributed by atoms with Gasteiger partial charge in [0.1, 0.15) is 5.00 Å². The third-order valence-electron chi connectivity index (χ3n) is 6.12. The van der Waals surface area contributed by atoms with Crippen molar-refractivity contribution in [2.24, 2.45) is 17.1 Å². The molecular formula is C24H31N3O5S2. The van der Waals surface area contributed by atoms with Crippen LogP contribution in [-0.2, 0) is 12.8 Å². The Morgan fingerprint density at radius 3 is 2.24 bits per heavy atom. The second kappa shape index (κ2) is 10.2. The molecule has 0 bridgehead atoms. The fourth-order valence-electron chi connectivity index (χ4n) is 4.20. The highest BCUT2D eigenvalue weighted by Gasteiger charge is 2.33. The lowest BCUT2D eigenvalue weighted by atomic mass is 9.72. The van der Waals surface area contributed by atoms with Gasteiger partial charge in [-0.3, -0.25) is 14.9 Å². The number of thiophene rings is 1. The molecule has 1 heterocycles. The zero-order chi connectivity index (χ0) is 25.2. The summed E-state index contributed by atoms with van der Waals surface area (Å²) in [6, 6.07) is 3.06. The predicted molar refractivity (Wildman–Crippen MR) is 138 cm³/mol. The second-order valence-electron chi connectivity index (χ2n) is 9.20. The molecule has 2 aromatic rings.